The van der Waals surface area contributed by atoms with Gasteiger partial charge in [-0.1, -0.05) is 18.2 Å². The van der Waals surface area contributed by atoms with Crippen LogP contribution < -0.4 is 16.2 Å². The van der Waals surface area contributed by atoms with E-state index in [0.29, 0.717) is 18.9 Å². The maximum Gasteiger partial charge on any atom is 0.236 e. The smallest absolute Gasteiger partial charge is 0.236 e. The largest absolute Gasteiger partial charge is 0.457 e. The fraction of sp³-hybridized carbons (Fsp3) is 0.136. The lowest BCUT2D eigenvalue weighted by molar-refractivity contribution is -0.130. The van der Waals surface area contributed by atoms with Gasteiger partial charge in [0.2, 0.25) is 5.91 Å². The highest BCUT2D eigenvalue weighted by atomic mass is 16.5. The van der Waals surface area contributed by atoms with Gasteiger partial charge in [-0.15, -0.1) is 0 Å². The van der Waals surface area contributed by atoms with Crippen molar-refractivity contribution in [3.05, 3.63) is 72.2 Å². The number of nitrogens with zero attached hydrogens (tertiary/aromatic N) is 4. The van der Waals surface area contributed by atoms with Crippen molar-refractivity contribution < 1.29 is 9.53 Å². The second-order valence-electron chi connectivity index (χ2n) is 7.08. The van der Waals surface area contributed by atoms with Crippen LogP contribution in [0.2, 0.25) is 0 Å². The molecule has 0 fully saturated rings. The molecule has 150 valence electrons. The number of benzene rings is 2. The predicted molar refractivity (Wildman–Crippen MR) is 113 cm³/mol. The van der Waals surface area contributed by atoms with Crippen LogP contribution in [-0.4, -0.2) is 31.9 Å². The number of amides is 1. The summed E-state index contributed by atoms with van der Waals surface area (Å²) in [6.07, 6.45) is 1.45. The number of fused-ring (bicyclic) bond motifs is 3. The number of aromatic nitrogens is 3. The Morgan fingerprint density at radius 2 is 1.73 bits per heavy atom. The highest BCUT2D eigenvalue weighted by Crippen LogP contribution is 2.36. The molecular formula is C22H20N6O2. The summed E-state index contributed by atoms with van der Waals surface area (Å²) in [4.78, 5) is 22.5. The molecule has 0 bridgehead atoms. The average molecular weight is 400 g/mol. The highest BCUT2D eigenvalue weighted by Gasteiger charge is 2.31. The van der Waals surface area contributed by atoms with Crippen LogP contribution in [0.15, 0.2) is 60.9 Å². The first kappa shape index (κ1) is 18.1. The van der Waals surface area contributed by atoms with E-state index in [1.807, 2.05) is 59.2 Å². The standard InChI is InChI=1S/C22H20N6O2/c23-10-19(29)27-11-17-18(12-27)28(21-20(17)25-13-26-22(21)24)14-6-8-16(9-7-14)30-15-4-2-1-3-5-15/h1-9,13H,10-12,23H2,(H2,24,25,26). The molecule has 5 rings (SSSR count). The zero-order chi connectivity index (χ0) is 20.7. The molecule has 4 N–H and O–H groups in total. The van der Waals surface area contributed by atoms with Crippen molar-refractivity contribution in [2.75, 3.05) is 12.3 Å². The third kappa shape index (κ3) is 2.94. The summed E-state index contributed by atoms with van der Waals surface area (Å²) in [5, 5.41) is 0. The van der Waals surface area contributed by atoms with E-state index in [-0.39, 0.29) is 12.5 Å². The second kappa shape index (κ2) is 7.16. The Morgan fingerprint density at radius 1 is 1.00 bits per heavy atom. The van der Waals surface area contributed by atoms with E-state index < -0.39 is 0 Å². The van der Waals surface area contributed by atoms with E-state index in [2.05, 4.69) is 9.97 Å². The van der Waals surface area contributed by atoms with Crippen molar-refractivity contribution in [2.24, 2.45) is 5.73 Å². The highest BCUT2D eigenvalue weighted by molar-refractivity contribution is 5.92. The molecule has 0 radical (unpaired) electrons. The van der Waals surface area contributed by atoms with Crippen LogP contribution in [0.4, 0.5) is 5.82 Å². The minimum Gasteiger partial charge on any atom is -0.457 e. The number of nitrogens with two attached hydrogens (primary N) is 2. The van der Waals surface area contributed by atoms with E-state index in [4.69, 9.17) is 16.2 Å². The number of carbonyl (C=O) groups excluding carboxylic acids is 1. The van der Waals surface area contributed by atoms with Crippen molar-refractivity contribution in [1.82, 2.24) is 19.4 Å². The van der Waals surface area contributed by atoms with Gasteiger partial charge in [-0.05, 0) is 36.4 Å². The van der Waals surface area contributed by atoms with Gasteiger partial charge in [-0.25, -0.2) is 9.97 Å². The van der Waals surface area contributed by atoms with Crippen LogP contribution in [0.5, 0.6) is 11.5 Å². The predicted octanol–water partition coefficient (Wildman–Crippen LogP) is 2.60. The zero-order valence-electron chi connectivity index (χ0n) is 16.2. The minimum atomic E-state index is -0.0977. The average Bonchev–Trinajstić information content (AvgIpc) is 3.33. The zero-order valence-corrected chi connectivity index (χ0v) is 16.2. The third-order valence-corrected chi connectivity index (χ3v) is 5.27. The molecule has 0 spiro atoms. The summed E-state index contributed by atoms with van der Waals surface area (Å²) in [5.74, 6) is 1.80. The lowest BCUT2D eigenvalue weighted by atomic mass is 10.2. The lowest BCUT2D eigenvalue weighted by Crippen LogP contribution is -2.32. The molecular weight excluding hydrogens is 380 g/mol. The first-order chi connectivity index (χ1) is 14.7. The minimum absolute atomic E-state index is 0.0230. The molecule has 8 nitrogen and oxygen atoms in total. The molecule has 1 aliphatic heterocycles. The van der Waals surface area contributed by atoms with Crippen LogP contribution in [0.1, 0.15) is 11.3 Å². The molecule has 3 heterocycles. The van der Waals surface area contributed by atoms with Gasteiger partial charge in [-0.3, -0.25) is 4.79 Å². The molecule has 0 aliphatic carbocycles. The van der Waals surface area contributed by atoms with E-state index in [9.17, 15) is 4.79 Å². The molecule has 30 heavy (non-hydrogen) atoms. The van der Waals surface area contributed by atoms with Crippen LogP contribution >= 0.6 is 0 Å². The number of nitrogen functional groups attached to an aromatic ring is 1. The maximum atomic E-state index is 12.2. The Bertz CT molecular complexity index is 1230. The molecule has 0 unspecified atom stereocenters. The number of ether oxygens (including phenoxy) is 1. The molecule has 0 saturated heterocycles. The first-order valence-corrected chi connectivity index (χ1v) is 9.59. The van der Waals surface area contributed by atoms with Crippen LogP contribution in [0, 0.1) is 0 Å². The van der Waals surface area contributed by atoms with E-state index >= 15 is 0 Å². The molecule has 0 atom stereocenters. The number of carbonyl (C=O) groups is 1. The summed E-state index contributed by atoms with van der Waals surface area (Å²) in [6.45, 7) is 0.884. The summed E-state index contributed by atoms with van der Waals surface area (Å²) in [5.41, 5.74) is 16.1. The summed E-state index contributed by atoms with van der Waals surface area (Å²) in [6, 6.07) is 17.3. The van der Waals surface area contributed by atoms with Crippen LogP contribution in [-0.2, 0) is 17.9 Å². The Labute approximate surface area is 172 Å². The Balaban J connectivity index is 1.57. The molecule has 2 aromatic heterocycles. The fourth-order valence-electron chi connectivity index (χ4n) is 3.88. The second-order valence-corrected chi connectivity index (χ2v) is 7.08. The lowest BCUT2D eigenvalue weighted by Gasteiger charge is -2.17. The van der Waals surface area contributed by atoms with Crippen molar-refractivity contribution in [1.29, 1.82) is 0 Å². The Hall–Kier alpha value is -3.91. The molecule has 8 heteroatoms. The summed E-state index contributed by atoms with van der Waals surface area (Å²) < 4.78 is 7.92. The van der Waals surface area contributed by atoms with Gasteiger partial charge in [0.05, 0.1) is 30.8 Å². The van der Waals surface area contributed by atoms with Gasteiger partial charge < -0.3 is 25.7 Å². The number of rotatable bonds is 4. The van der Waals surface area contributed by atoms with Crippen molar-refractivity contribution >= 4 is 22.8 Å². The van der Waals surface area contributed by atoms with Crippen molar-refractivity contribution in [3.8, 4) is 17.2 Å². The third-order valence-electron chi connectivity index (χ3n) is 5.27. The number of hydrogen-bond donors (Lipinski definition) is 2. The van der Waals surface area contributed by atoms with Gasteiger partial charge >= 0.3 is 0 Å². The van der Waals surface area contributed by atoms with Crippen LogP contribution in [0.3, 0.4) is 0 Å². The molecule has 1 aliphatic rings. The Morgan fingerprint density at radius 3 is 2.47 bits per heavy atom. The van der Waals surface area contributed by atoms with Crippen LogP contribution in [0.25, 0.3) is 16.7 Å². The fourth-order valence-corrected chi connectivity index (χ4v) is 3.88. The van der Waals surface area contributed by atoms with Gasteiger partial charge in [0, 0.05) is 11.3 Å². The summed E-state index contributed by atoms with van der Waals surface area (Å²) in [7, 11) is 0. The van der Waals surface area contributed by atoms with E-state index in [0.717, 1.165) is 39.5 Å². The SMILES string of the molecule is NCC(=O)N1Cc2c(n(-c3ccc(Oc4ccccc4)cc3)c3c(N)ncnc23)C1. The van der Waals surface area contributed by atoms with Gasteiger partial charge in [0.25, 0.3) is 0 Å². The summed E-state index contributed by atoms with van der Waals surface area (Å²) >= 11 is 0. The van der Waals surface area contributed by atoms with Crippen molar-refractivity contribution in [3.63, 3.8) is 0 Å². The van der Waals surface area contributed by atoms with Gasteiger partial charge in [0.1, 0.15) is 23.3 Å². The normalized spacial score (nSPS) is 12.9. The maximum absolute atomic E-state index is 12.2. The molecule has 4 aromatic rings. The monoisotopic (exact) mass is 400 g/mol. The van der Waals surface area contributed by atoms with Crippen molar-refractivity contribution in [2.45, 2.75) is 13.1 Å². The molecule has 1 amide bonds. The topological polar surface area (TPSA) is 112 Å². The van der Waals surface area contributed by atoms with Gasteiger partial charge in [-0.2, -0.15) is 0 Å². The molecule has 0 saturated carbocycles. The quantitative estimate of drug-likeness (QED) is 0.545. The first-order valence-electron chi connectivity index (χ1n) is 9.59. The van der Waals surface area contributed by atoms with E-state index in [1.54, 1.807) is 4.90 Å². The van der Waals surface area contributed by atoms with Gasteiger partial charge in [0.15, 0.2) is 5.82 Å². The Kier molecular flexibility index (Phi) is 4.33. The molecule has 2 aromatic carbocycles. The van der Waals surface area contributed by atoms with E-state index in [1.165, 1.54) is 6.33 Å². The number of hydrogen-bond acceptors (Lipinski definition) is 6. The number of anilines is 1. The number of para-hydroxylation sites is 1.